The number of alkyl halides is 2. The fourth-order valence-electron chi connectivity index (χ4n) is 1.83. The minimum Gasteiger partial charge on any atom is -0.384 e. The van der Waals surface area contributed by atoms with Crippen molar-refractivity contribution in [1.29, 1.82) is 0 Å². The predicted octanol–water partition coefficient (Wildman–Crippen LogP) is 4.11. The molecule has 1 unspecified atom stereocenters. The molecule has 96 valence electrons. The number of benzene rings is 1. The Morgan fingerprint density at radius 3 is 2.24 bits per heavy atom. The average molecular weight is 242 g/mol. The second kappa shape index (κ2) is 5.58. The van der Waals surface area contributed by atoms with Crippen LogP contribution in [0.1, 0.15) is 45.1 Å². The van der Waals surface area contributed by atoms with Crippen molar-refractivity contribution in [3.63, 3.8) is 0 Å². The molecule has 3 heteroatoms. The highest BCUT2D eigenvalue weighted by atomic mass is 19.3. The first-order chi connectivity index (χ1) is 7.92. The van der Waals surface area contributed by atoms with Gasteiger partial charge in [0.25, 0.3) is 0 Å². The monoisotopic (exact) mass is 242 g/mol. The number of halogens is 2. The lowest BCUT2D eigenvalue weighted by Crippen LogP contribution is -2.43. The van der Waals surface area contributed by atoms with Gasteiger partial charge in [-0.2, -0.15) is 8.78 Å². The molecule has 0 aliphatic carbocycles. The number of aliphatic hydroxyl groups is 1. The van der Waals surface area contributed by atoms with E-state index >= 15 is 0 Å². The largest absolute Gasteiger partial charge is 0.384 e. The summed E-state index contributed by atoms with van der Waals surface area (Å²) in [4.78, 5) is 0. The molecule has 1 nitrogen and oxygen atoms in total. The van der Waals surface area contributed by atoms with Crippen LogP contribution in [0.15, 0.2) is 30.3 Å². The Morgan fingerprint density at radius 1 is 1.12 bits per heavy atom. The van der Waals surface area contributed by atoms with E-state index in [4.69, 9.17) is 0 Å². The van der Waals surface area contributed by atoms with E-state index in [1.54, 1.807) is 18.2 Å². The van der Waals surface area contributed by atoms with Gasteiger partial charge in [-0.3, -0.25) is 0 Å². The summed E-state index contributed by atoms with van der Waals surface area (Å²) < 4.78 is 28.2. The first-order valence-corrected chi connectivity index (χ1v) is 6.07. The fraction of sp³-hybridized carbons (Fsp3) is 0.571. The minimum absolute atomic E-state index is 0.114. The van der Waals surface area contributed by atoms with Crippen LogP contribution in [0.3, 0.4) is 0 Å². The number of hydrogen-bond donors (Lipinski definition) is 1. The number of unbranched alkanes of at least 4 members (excludes halogenated alkanes) is 2. The SMILES string of the molecule is CCCCCC(C)(O)C(F)(F)c1ccccc1. The molecule has 0 heterocycles. The zero-order chi connectivity index (χ0) is 12.9. The zero-order valence-corrected chi connectivity index (χ0v) is 10.4. The van der Waals surface area contributed by atoms with Gasteiger partial charge < -0.3 is 5.11 Å². The highest BCUT2D eigenvalue weighted by Gasteiger charge is 2.49. The van der Waals surface area contributed by atoms with Gasteiger partial charge in [0.2, 0.25) is 0 Å². The molecule has 1 aromatic rings. The number of rotatable bonds is 6. The molecule has 0 fully saturated rings. The molecule has 1 rings (SSSR count). The van der Waals surface area contributed by atoms with Crippen LogP contribution in [-0.2, 0) is 5.92 Å². The molecule has 0 spiro atoms. The molecular weight excluding hydrogens is 222 g/mol. The highest BCUT2D eigenvalue weighted by molar-refractivity contribution is 5.23. The molecule has 0 saturated carbocycles. The second-order valence-corrected chi connectivity index (χ2v) is 4.67. The lowest BCUT2D eigenvalue weighted by molar-refractivity contribution is -0.182. The zero-order valence-electron chi connectivity index (χ0n) is 10.4. The summed E-state index contributed by atoms with van der Waals surface area (Å²) in [5, 5.41) is 9.97. The van der Waals surface area contributed by atoms with Crippen molar-refractivity contribution in [2.45, 2.75) is 51.1 Å². The topological polar surface area (TPSA) is 20.2 Å². The van der Waals surface area contributed by atoms with Gasteiger partial charge >= 0.3 is 5.92 Å². The summed E-state index contributed by atoms with van der Waals surface area (Å²) in [6, 6.07) is 7.52. The minimum atomic E-state index is -3.21. The fourth-order valence-corrected chi connectivity index (χ4v) is 1.83. The maximum atomic E-state index is 14.1. The summed E-state index contributed by atoms with van der Waals surface area (Å²) >= 11 is 0. The first kappa shape index (κ1) is 14.1. The van der Waals surface area contributed by atoms with Crippen LogP contribution >= 0.6 is 0 Å². The van der Waals surface area contributed by atoms with Crippen LogP contribution in [0.5, 0.6) is 0 Å². The highest BCUT2D eigenvalue weighted by Crippen LogP contribution is 2.41. The predicted molar refractivity (Wildman–Crippen MR) is 65.1 cm³/mol. The van der Waals surface area contributed by atoms with Crippen molar-refractivity contribution in [1.82, 2.24) is 0 Å². The molecule has 0 aliphatic heterocycles. The molecule has 1 N–H and O–H groups in total. The third-order valence-electron chi connectivity index (χ3n) is 3.08. The van der Waals surface area contributed by atoms with Gasteiger partial charge in [-0.15, -0.1) is 0 Å². The molecule has 1 atom stereocenters. The third kappa shape index (κ3) is 3.25. The summed E-state index contributed by atoms with van der Waals surface area (Å²) in [6.45, 7) is 3.22. The van der Waals surface area contributed by atoms with Gasteiger partial charge in [0.05, 0.1) is 0 Å². The molecule has 0 bridgehead atoms. The van der Waals surface area contributed by atoms with Gasteiger partial charge in [0.15, 0.2) is 0 Å². The summed E-state index contributed by atoms with van der Waals surface area (Å²) in [5.74, 6) is -3.21. The van der Waals surface area contributed by atoms with E-state index in [-0.39, 0.29) is 12.0 Å². The van der Waals surface area contributed by atoms with Gasteiger partial charge in [-0.1, -0.05) is 56.5 Å². The molecule has 0 saturated heterocycles. The molecular formula is C14H20F2O. The number of hydrogen-bond acceptors (Lipinski definition) is 1. The van der Waals surface area contributed by atoms with E-state index in [1.165, 1.54) is 19.1 Å². The summed E-state index contributed by atoms with van der Waals surface area (Å²) in [5.41, 5.74) is -2.11. The van der Waals surface area contributed by atoms with Crippen LogP contribution in [-0.4, -0.2) is 10.7 Å². The molecule has 0 aliphatic rings. The van der Waals surface area contributed by atoms with E-state index in [9.17, 15) is 13.9 Å². The van der Waals surface area contributed by atoms with Gasteiger partial charge in [-0.25, -0.2) is 0 Å². The molecule has 0 radical (unpaired) electrons. The van der Waals surface area contributed by atoms with Crippen molar-refractivity contribution >= 4 is 0 Å². The van der Waals surface area contributed by atoms with Crippen LogP contribution in [0.2, 0.25) is 0 Å². The maximum Gasteiger partial charge on any atom is 0.300 e. The van der Waals surface area contributed by atoms with Gasteiger partial charge in [0.1, 0.15) is 5.60 Å². The van der Waals surface area contributed by atoms with Crippen LogP contribution in [0.4, 0.5) is 8.78 Å². The van der Waals surface area contributed by atoms with E-state index < -0.39 is 11.5 Å². The summed E-state index contributed by atoms with van der Waals surface area (Å²) in [6.07, 6.45) is 2.54. The smallest absolute Gasteiger partial charge is 0.300 e. The quantitative estimate of drug-likeness (QED) is 0.744. The Balaban J connectivity index is 2.81. The van der Waals surface area contributed by atoms with E-state index in [1.807, 2.05) is 6.92 Å². The van der Waals surface area contributed by atoms with Crippen molar-refractivity contribution in [3.8, 4) is 0 Å². The average Bonchev–Trinajstić information content (AvgIpc) is 2.30. The first-order valence-electron chi connectivity index (χ1n) is 6.07. The molecule has 17 heavy (non-hydrogen) atoms. The Labute approximate surface area is 101 Å². The van der Waals surface area contributed by atoms with Crippen molar-refractivity contribution in [2.24, 2.45) is 0 Å². The van der Waals surface area contributed by atoms with E-state index in [2.05, 4.69) is 0 Å². The Morgan fingerprint density at radius 2 is 1.71 bits per heavy atom. The normalized spacial score (nSPS) is 15.6. The van der Waals surface area contributed by atoms with E-state index in [0.717, 1.165) is 12.8 Å². The van der Waals surface area contributed by atoms with Crippen molar-refractivity contribution in [2.75, 3.05) is 0 Å². The second-order valence-electron chi connectivity index (χ2n) is 4.67. The van der Waals surface area contributed by atoms with Gasteiger partial charge in [-0.05, 0) is 13.3 Å². The standard InChI is InChI=1S/C14H20F2O/c1-3-4-8-11-13(2,17)14(15,16)12-9-6-5-7-10-12/h5-7,9-10,17H,3-4,8,11H2,1-2H3. The third-order valence-corrected chi connectivity index (χ3v) is 3.08. The Hall–Kier alpha value is -0.960. The van der Waals surface area contributed by atoms with Crippen molar-refractivity contribution < 1.29 is 13.9 Å². The summed E-state index contributed by atoms with van der Waals surface area (Å²) in [7, 11) is 0. The molecule has 0 amide bonds. The van der Waals surface area contributed by atoms with Crippen LogP contribution in [0.25, 0.3) is 0 Å². The molecule has 1 aromatic carbocycles. The van der Waals surface area contributed by atoms with E-state index in [0.29, 0.717) is 6.42 Å². The maximum absolute atomic E-state index is 14.1. The lowest BCUT2D eigenvalue weighted by atomic mass is 9.87. The van der Waals surface area contributed by atoms with Crippen LogP contribution in [0, 0.1) is 0 Å². The van der Waals surface area contributed by atoms with Crippen molar-refractivity contribution in [3.05, 3.63) is 35.9 Å². The van der Waals surface area contributed by atoms with Gasteiger partial charge in [0, 0.05) is 5.56 Å². The van der Waals surface area contributed by atoms with Crippen LogP contribution < -0.4 is 0 Å². The Bertz CT molecular complexity index is 333. The molecule has 0 aromatic heterocycles. The lowest BCUT2D eigenvalue weighted by Gasteiger charge is -2.33. The Kier molecular flexibility index (Phi) is 4.63.